The number of nitrogens with zero attached hydrogens (tertiary/aromatic N) is 3. The molecule has 2 aromatic heterocycles. The molecule has 0 atom stereocenters. The van der Waals surface area contributed by atoms with Gasteiger partial charge in [-0.25, -0.2) is 8.78 Å². The van der Waals surface area contributed by atoms with Crippen LogP contribution < -0.4 is 15.0 Å². The molecule has 1 aliphatic heterocycles. The first-order chi connectivity index (χ1) is 17.2. The molecule has 2 aromatic carbocycles. The lowest BCUT2D eigenvalue weighted by atomic mass is 10.0. The fourth-order valence-corrected chi connectivity index (χ4v) is 4.92. The first-order valence-corrected chi connectivity index (χ1v) is 11.7. The van der Waals surface area contributed by atoms with Gasteiger partial charge >= 0.3 is 0 Å². The zero-order valence-electron chi connectivity index (χ0n) is 20.6. The van der Waals surface area contributed by atoms with E-state index in [4.69, 9.17) is 9.47 Å². The van der Waals surface area contributed by atoms with Crippen LogP contribution in [0.1, 0.15) is 28.9 Å². The molecule has 0 radical (unpaired) electrons. The van der Waals surface area contributed by atoms with E-state index < -0.39 is 17.5 Å². The van der Waals surface area contributed by atoms with Crippen LogP contribution in [0.15, 0.2) is 41.3 Å². The molecular weight excluding hydrogens is 468 g/mol. The molecule has 3 heterocycles. The summed E-state index contributed by atoms with van der Waals surface area (Å²) in [6.45, 7) is 2.40. The van der Waals surface area contributed by atoms with Crippen molar-refractivity contribution in [3.05, 3.63) is 64.0 Å². The minimum absolute atomic E-state index is 0.0336. The molecule has 0 unspecified atom stereocenters. The Morgan fingerprint density at radius 1 is 1.00 bits per heavy atom. The number of aromatic nitrogens is 2. The van der Waals surface area contributed by atoms with E-state index in [1.165, 1.54) is 37.1 Å². The second-order valence-electron chi connectivity index (χ2n) is 9.11. The number of methoxy groups -OCH3 is 2. The van der Waals surface area contributed by atoms with E-state index in [-0.39, 0.29) is 48.5 Å². The zero-order valence-corrected chi connectivity index (χ0v) is 20.6. The lowest BCUT2D eigenvalue weighted by Gasteiger charge is -2.29. The molecular formula is C27H27F2N3O4. The molecule has 1 amide bonds. The van der Waals surface area contributed by atoms with Crippen LogP contribution in [-0.4, -0.2) is 53.4 Å². The highest BCUT2D eigenvalue weighted by molar-refractivity contribution is 6.07. The smallest absolute Gasteiger partial charge is 0.263 e. The molecule has 5 rings (SSSR count). The van der Waals surface area contributed by atoms with Crippen LogP contribution in [0.4, 0.5) is 8.78 Å². The van der Waals surface area contributed by atoms with Gasteiger partial charge < -0.3 is 18.9 Å². The van der Waals surface area contributed by atoms with Crippen LogP contribution in [0.2, 0.25) is 0 Å². The number of carbonyl (C=O) groups is 1. The van der Waals surface area contributed by atoms with Gasteiger partial charge in [0.2, 0.25) is 0 Å². The van der Waals surface area contributed by atoms with Crippen molar-refractivity contribution in [2.45, 2.75) is 25.9 Å². The van der Waals surface area contributed by atoms with Crippen molar-refractivity contribution in [3.63, 3.8) is 0 Å². The SMILES string of the molecule is COc1cc2c(C(=O)N3CCC(F)CC3)cn(-c3ccc4c(cc(C)n4C)c3F)c(=O)c2cc1OC. The Morgan fingerprint density at radius 2 is 1.64 bits per heavy atom. The predicted molar refractivity (Wildman–Crippen MR) is 134 cm³/mol. The van der Waals surface area contributed by atoms with Crippen LogP contribution in [-0.2, 0) is 7.05 Å². The van der Waals surface area contributed by atoms with Gasteiger partial charge in [0.25, 0.3) is 11.5 Å². The van der Waals surface area contributed by atoms with Gasteiger partial charge in [-0.05, 0) is 50.1 Å². The summed E-state index contributed by atoms with van der Waals surface area (Å²) < 4.78 is 43.3. The fraction of sp³-hybridized carbons (Fsp3) is 0.333. The Balaban J connectivity index is 1.78. The van der Waals surface area contributed by atoms with E-state index in [2.05, 4.69) is 0 Å². The van der Waals surface area contributed by atoms with E-state index >= 15 is 4.39 Å². The Kier molecular flexibility index (Phi) is 5.94. The molecule has 9 heteroatoms. The van der Waals surface area contributed by atoms with Crippen LogP contribution in [0, 0.1) is 12.7 Å². The van der Waals surface area contributed by atoms with Crippen molar-refractivity contribution >= 4 is 27.6 Å². The summed E-state index contributed by atoms with van der Waals surface area (Å²) in [5.41, 5.74) is 1.30. The predicted octanol–water partition coefficient (Wildman–Crippen LogP) is 4.52. The quantitative estimate of drug-likeness (QED) is 0.418. The number of alkyl halides is 1. The molecule has 1 fully saturated rings. The largest absolute Gasteiger partial charge is 0.493 e. The lowest BCUT2D eigenvalue weighted by Crippen LogP contribution is -2.39. The highest BCUT2D eigenvalue weighted by Crippen LogP contribution is 2.34. The van der Waals surface area contributed by atoms with E-state index in [0.717, 1.165) is 5.69 Å². The molecule has 4 aromatic rings. The van der Waals surface area contributed by atoms with Crippen LogP contribution in [0.5, 0.6) is 11.5 Å². The highest BCUT2D eigenvalue weighted by Gasteiger charge is 2.27. The van der Waals surface area contributed by atoms with Crippen molar-refractivity contribution in [3.8, 4) is 17.2 Å². The van der Waals surface area contributed by atoms with Gasteiger partial charge in [0.05, 0.1) is 36.4 Å². The van der Waals surface area contributed by atoms with Gasteiger partial charge in [0, 0.05) is 42.8 Å². The molecule has 1 aliphatic rings. The van der Waals surface area contributed by atoms with E-state index in [0.29, 0.717) is 27.8 Å². The number of rotatable bonds is 4. The number of benzene rings is 2. The van der Waals surface area contributed by atoms with Gasteiger partial charge in [0.15, 0.2) is 17.3 Å². The number of aryl methyl sites for hydroxylation is 2. The second kappa shape index (κ2) is 8.96. The van der Waals surface area contributed by atoms with Crippen molar-refractivity contribution < 1.29 is 23.0 Å². The number of carbonyl (C=O) groups excluding carboxylic acids is 1. The number of halogens is 2. The molecule has 0 spiro atoms. The Labute approximate surface area is 206 Å². The summed E-state index contributed by atoms with van der Waals surface area (Å²) >= 11 is 0. The average Bonchev–Trinajstić information content (AvgIpc) is 3.18. The van der Waals surface area contributed by atoms with E-state index in [1.54, 1.807) is 23.1 Å². The monoisotopic (exact) mass is 495 g/mol. The van der Waals surface area contributed by atoms with Gasteiger partial charge in [-0.1, -0.05) is 0 Å². The van der Waals surface area contributed by atoms with Crippen LogP contribution >= 0.6 is 0 Å². The van der Waals surface area contributed by atoms with Gasteiger partial charge in [-0.15, -0.1) is 0 Å². The highest BCUT2D eigenvalue weighted by atomic mass is 19.1. The first-order valence-electron chi connectivity index (χ1n) is 11.7. The number of piperidine rings is 1. The molecule has 7 nitrogen and oxygen atoms in total. The number of fused-ring (bicyclic) bond motifs is 2. The maximum absolute atomic E-state index is 15.8. The summed E-state index contributed by atoms with van der Waals surface area (Å²) in [4.78, 5) is 28.9. The zero-order chi connectivity index (χ0) is 25.7. The number of hydrogen-bond donors (Lipinski definition) is 0. The van der Waals surface area contributed by atoms with Gasteiger partial charge in [0.1, 0.15) is 6.17 Å². The van der Waals surface area contributed by atoms with E-state index in [1.807, 2.05) is 18.5 Å². The Hall–Kier alpha value is -3.88. The van der Waals surface area contributed by atoms with E-state index in [9.17, 15) is 14.0 Å². The van der Waals surface area contributed by atoms with Gasteiger partial charge in [-0.2, -0.15) is 0 Å². The summed E-state index contributed by atoms with van der Waals surface area (Å²) in [5, 5.41) is 0.922. The topological polar surface area (TPSA) is 65.7 Å². The normalized spacial score (nSPS) is 14.6. The maximum atomic E-state index is 15.8. The van der Waals surface area contributed by atoms with Crippen molar-refractivity contribution in [1.82, 2.24) is 14.0 Å². The Bertz CT molecular complexity index is 1570. The maximum Gasteiger partial charge on any atom is 0.263 e. The minimum Gasteiger partial charge on any atom is -0.493 e. The lowest BCUT2D eigenvalue weighted by molar-refractivity contribution is 0.0668. The molecule has 0 aliphatic carbocycles. The molecule has 1 saturated heterocycles. The second-order valence-corrected chi connectivity index (χ2v) is 9.11. The van der Waals surface area contributed by atoms with Crippen molar-refractivity contribution in [2.24, 2.45) is 7.05 Å². The number of hydrogen-bond acceptors (Lipinski definition) is 4. The number of ether oxygens (including phenoxy) is 2. The third kappa shape index (κ3) is 3.70. The Morgan fingerprint density at radius 3 is 2.28 bits per heavy atom. The number of amides is 1. The summed E-state index contributed by atoms with van der Waals surface area (Å²) in [7, 11) is 4.75. The summed E-state index contributed by atoms with van der Waals surface area (Å²) in [6, 6.07) is 8.09. The molecule has 0 bridgehead atoms. The molecule has 0 saturated carbocycles. The van der Waals surface area contributed by atoms with Crippen LogP contribution in [0.3, 0.4) is 0 Å². The summed E-state index contributed by atoms with van der Waals surface area (Å²) in [5.74, 6) is -0.253. The molecule has 36 heavy (non-hydrogen) atoms. The fourth-order valence-electron chi connectivity index (χ4n) is 4.92. The average molecular weight is 496 g/mol. The van der Waals surface area contributed by atoms with Gasteiger partial charge in [-0.3, -0.25) is 14.2 Å². The molecule has 0 N–H and O–H groups in total. The first kappa shape index (κ1) is 23.8. The molecule has 188 valence electrons. The number of pyridine rings is 1. The third-order valence-electron chi connectivity index (χ3n) is 7.10. The third-order valence-corrected chi connectivity index (χ3v) is 7.10. The van der Waals surface area contributed by atoms with Crippen LogP contribution in [0.25, 0.3) is 27.4 Å². The number of likely N-dealkylation sites (tertiary alicyclic amines) is 1. The van der Waals surface area contributed by atoms with Crippen molar-refractivity contribution in [2.75, 3.05) is 27.3 Å². The standard InChI is InChI=1S/C27H27F2N3O4/c1-15-11-19-21(30(15)2)5-6-22(25(19)29)32-14-20(26(33)31-9-7-16(28)8-10-31)17-12-23(35-3)24(36-4)13-18(17)27(32)34/h5-6,11-14,16H,7-10H2,1-4H3. The minimum atomic E-state index is -0.945. The summed E-state index contributed by atoms with van der Waals surface area (Å²) in [6.07, 6.45) is 0.929. The van der Waals surface area contributed by atoms with Crippen molar-refractivity contribution in [1.29, 1.82) is 0 Å².